The van der Waals surface area contributed by atoms with Gasteiger partial charge in [0.15, 0.2) is 6.10 Å². The number of hydrogen-bond acceptors (Lipinski definition) is 3. The molecule has 26 heavy (non-hydrogen) atoms. The van der Waals surface area contributed by atoms with Crippen LogP contribution in [0.25, 0.3) is 0 Å². The fourth-order valence-electron chi connectivity index (χ4n) is 2.26. The first-order chi connectivity index (χ1) is 12.3. The van der Waals surface area contributed by atoms with Crippen molar-refractivity contribution in [3.05, 3.63) is 70.2 Å². The molecule has 8 heteroatoms. The molecule has 2 aromatic carbocycles. The Kier molecular flexibility index (Phi) is 7.05. The number of nitrogens with one attached hydrogen (secondary N) is 1. The van der Waals surface area contributed by atoms with Crippen LogP contribution in [0.15, 0.2) is 59.1 Å². The zero-order chi connectivity index (χ0) is 19.2. The first kappa shape index (κ1) is 20.3. The van der Waals surface area contributed by atoms with E-state index in [0.717, 1.165) is 4.47 Å². The summed E-state index contributed by atoms with van der Waals surface area (Å²) in [7, 11) is 0. The van der Waals surface area contributed by atoms with Gasteiger partial charge in [0.1, 0.15) is 6.61 Å². The zero-order valence-electron chi connectivity index (χ0n) is 13.5. The molecule has 0 radical (unpaired) electrons. The Morgan fingerprint density at radius 2 is 1.69 bits per heavy atom. The van der Waals surface area contributed by atoms with E-state index in [0.29, 0.717) is 11.1 Å². The number of carbonyl (C=O) groups excluding carboxylic acids is 1. The number of aliphatic hydroxyl groups is 1. The van der Waals surface area contributed by atoms with Crippen LogP contribution in [0.5, 0.6) is 0 Å². The van der Waals surface area contributed by atoms with Gasteiger partial charge in [0.2, 0.25) is 0 Å². The Morgan fingerprint density at radius 1 is 1.08 bits per heavy atom. The fourth-order valence-corrected chi connectivity index (χ4v) is 2.52. The van der Waals surface area contributed by atoms with E-state index in [1.807, 2.05) is 0 Å². The van der Waals surface area contributed by atoms with Crippen LogP contribution in [0.3, 0.4) is 0 Å². The van der Waals surface area contributed by atoms with Gasteiger partial charge in [-0.1, -0.05) is 58.4 Å². The summed E-state index contributed by atoms with van der Waals surface area (Å²) in [4.78, 5) is 11.9. The Hall–Kier alpha value is -2.06. The summed E-state index contributed by atoms with van der Waals surface area (Å²) < 4.78 is 44.5. The molecule has 2 aromatic rings. The molecule has 2 rings (SSSR count). The van der Waals surface area contributed by atoms with Gasteiger partial charge in [0.25, 0.3) is 0 Å². The second-order valence-electron chi connectivity index (χ2n) is 5.63. The SMILES string of the molecule is O=C(NC(Cc1ccc(Br)cc1)C(O)C(F)(F)F)OCc1ccccc1. The molecule has 0 bridgehead atoms. The number of alkyl halides is 3. The van der Waals surface area contributed by atoms with Gasteiger partial charge in [0, 0.05) is 4.47 Å². The summed E-state index contributed by atoms with van der Waals surface area (Å²) in [6.07, 6.45) is -8.81. The number of ether oxygens (including phenoxy) is 1. The minimum Gasteiger partial charge on any atom is -0.445 e. The number of amides is 1. The molecule has 0 saturated heterocycles. The van der Waals surface area contributed by atoms with Gasteiger partial charge >= 0.3 is 12.3 Å². The number of carbonyl (C=O) groups is 1. The van der Waals surface area contributed by atoms with Crippen molar-refractivity contribution in [3.8, 4) is 0 Å². The van der Waals surface area contributed by atoms with E-state index >= 15 is 0 Å². The highest BCUT2D eigenvalue weighted by molar-refractivity contribution is 9.10. The third-order valence-corrected chi connectivity index (χ3v) is 4.13. The van der Waals surface area contributed by atoms with Crippen LogP contribution in [0.4, 0.5) is 18.0 Å². The first-order valence-corrected chi connectivity index (χ1v) is 8.51. The third kappa shape index (κ3) is 6.34. The van der Waals surface area contributed by atoms with Gasteiger partial charge in [-0.05, 0) is 29.7 Å². The summed E-state index contributed by atoms with van der Waals surface area (Å²) in [5.41, 5.74) is 1.23. The predicted octanol–water partition coefficient (Wildman–Crippen LogP) is 4.21. The van der Waals surface area contributed by atoms with Crippen molar-refractivity contribution in [1.29, 1.82) is 0 Å². The highest BCUT2D eigenvalue weighted by Crippen LogP contribution is 2.24. The molecule has 4 nitrogen and oxygen atoms in total. The molecule has 0 heterocycles. The van der Waals surface area contributed by atoms with Crippen molar-refractivity contribution in [3.63, 3.8) is 0 Å². The van der Waals surface area contributed by atoms with E-state index in [1.54, 1.807) is 54.6 Å². The highest BCUT2D eigenvalue weighted by atomic mass is 79.9. The topological polar surface area (TPSA) is 58.6 Å². The van der Waals surface area contributed by atoms with E-state index in [-0.39, 0.29) is 13.0 Å². The number of hydrogen-bond donors (Lipinski definition) is 2. The molecule has 0 aliphatic carbocycles. The lowest BCUT2D eigenvalue weighted by Gasteiger charge is -2.25. The van der Waals surface area contributed by atoms with Crippen molar-refractivity contribution in [2.45, 2.75) is 31.3 Å². The smallest absolute Gasteiger partial charge is 0.416 e. The number of rotatable bonds is 6. The Bertz CT molecular complexity index is 708. The molecular weight excluding hydrogens is 415 g/mol. The second-order valence-corrected chi connectivity index (χ2v) is 6.55. The van der Waals surface area contributed by atoms with Crippen molar-refractivity contribution in [2.24, 2.45) is 0 Å². The van der Waals surface area contributed by atoms with Gasteiger partial charge in [-0.25, -0.2) is 4.79 Å². The summed E-state index contributed by atoms with van der Waals surface area (Å²) in [5, 5.41) is 11.7. The maximum absolute atomic E-state index is 12.9. The van der Waals surface area contributed by atoms with Crippen LogP contribution in [0.2, 0.25) is 0 Å². The van der Waals surface area contributed by atoms with E-state index in [2.05, 4.69) is 21.2 Å². The van der Waals surface area contributed by atoms with Gasteiger partial charge in [-0.2, -0.15) is 13.2 Å². The molecule has 2 unspecified atom stereocenters. The molecule has 1 amide bonds. The average Bonchev–Trinajstić information content (AvgIpc) is 2.61. The summed E-state index contributed by atoms with van der Waals surface area (Å²) in [5.74, 6) is 0. The molecule has 0 fully saturated rings. The van der Waals surface area contributed by atoms with Crippen LogP contribution in [-0.4, -0.2) is 29.5 Å². The van der Waals surface area contributed by atoms with Crippen LogP contribution in [-0.2, 0) is 17.8 Å². The molecule has 2 atom stereocenters. The lowest BCUT2D eigenvalue weighted by Crippen LogP contribution is -2.51. The van der Waals surface area contributed by atoms with Crippen LogP contribution < -0.4 is 5.32 Å². The van der Waals surface area contributed by atoms with E-state index in [9.17, 15) is 23.1 Å². The zero-order valence-corrected chi connectivity index (χ0v) is 15.1. The first-order valence-electron chi connectivity index (χ1n) is 7.72. The Labute approximate surface area is 157 Å². The molecule has 140 valence electrons. The average molecular weight is 432 g/mol. The minimum absolute atomic E-state index is 0.0835. The molecule has 0 aromatic heterocycles. The standard InChI is InChI=1S/C18H17BrF3NO3/c19-14-8-6-12(7-9-14)10-15(16(24)18(20,21)22)23-17(25)26-11-13-4-2-1-3-5-13/h1-9,15-16,24H,10-11H2,(H,23,25). The van der Waals surface area contributed by atoms with Crippen molar-refractivity contribution >= 4 is 22.0 Å². The van der Waals surface area contributed by atoms with Crippen molar-refractivity contribution in [2.75, 3.05) is 0 Å². The second kappa shape index (κ2) is 9.05. The van der Waals surface area contributed by atoms with Gasteiger partial charge in [-0.15, -0.1) is 0 Å². The Balaban J connectivity index is 2.02. The lowest BCUT2D eigenvalue weighted by atomic mass is 10.0. The largest absolute Gasteiger partial charge is 0.445 e. The molecule has 0 aliphatic rings. The highest BCUT2D eigenvalue weighted by Gasteiger charge is 2.44. The summed E-state index contributed by atoms with van der Waals surface area (Å²) in [6, 6.07) is 13.7. The monoisotopic (exact) mass is 431 g/mol. The van der Waals surface area contributed by atoms with E-state index < -0.39 is 24.4 Å². The van der Waals surface area contributed by atoms with Gasteiger partial charge in [0.05, 0.1) is 6.04 Å². The van der Waals surface area contributed by atoms with E-state index in [4.69, 9.17) is 4.74 Å². The maximum atomic E-state index is 12.9. The predicted molar refractivity (Wildman–Crippen MR) is 93.5 cm³/mol. The van der Waals surface area contributed by atoms with Crippen LogP contribution in [0, 0.1) is 0 Å². The number of aliphatic hydroxyl groups excluding tert-OH is 1. The maximum Gasteiger partial charge on any atom is 0.416 e. The van der Waals surface area contributed by atoms with E-state index in [1.165, 1.54) is 0 Å². The van der Waals surface area contributed by atoms with Crippen LogP contribution in [0.1, 0.15) is 11.1 Å². The summed E-state index contributed by atoms with van der Waals surface area (Å²) >= 11 is 3.24. The number of alkyl carbamates (subject to hydrolysis) is 1. The molecule has 0 aliphatic heterocycles. The molecular formula is C18H17BrF3NO3. The minimum atomic E-state index is -4.87. The van der Waals surface area contributed by atoms with Gasteiger partial charge in [-0.3, -0.25) is 0 Å². The lowest BCUT2D eigenvalue weighted by molar-refractivity contribution is -0.211. The van der Waals surface area contributed by atoms with Crippen LogP contribution >= 0.6 is 15.9 Å². The summed E-state index contributed by atoms with van der Waals surface area (Å²) in [6.45, 7) is -0.0835. The molecule has 2 N–H and O–H groups in total. The molecule has 0 spiro atoms. The fraction of sp³-hybridized carbons (Fsp3) is 0.278. The third-order valence-electron chi connectivity index (χ3n) is 3.60. The Morgan fingerprint density at radius 3 is 2.27 bits per heavy atom. The van der Waals surface area contributed by atoms with Crippen molar-refractivity contribution in [1.82, 2.24) is 5.32 Å². The quantitative estimate of drug-likeness (QED) is 0.719. The van der Waals surface area contributed by atoms with Gasteiger partial charge < -0.3 is 15.2 Å². The molecule has 0 saturated carbocycles. The van der Waals surface area contributed by atoms with Crippen molar-refractivity contribution < 1.29 is 27.8 Å². The normalized spacial score (nSPS) is 13.7. The number of benzene rings is 2. The number of halogens is 4.